The predicted molar refractivity (Wildman–Crippen MR) is 145 cm³/mol. The summed E-state index contributed by atoms with van der Waals surface area (Å²) in [6, 6.07) is 24.0. The molecule has 6 aromatic heterocycles. The maximum atomic E-state index is 11.6. The van der Waals surface area contributed by atoms with E-state index >= 15 is 0 Å². The Labute approximate surface area is 213 Å². The van der Waals surface area contributed by atoms with Gasteiger partial charge in [0.25, 0.3) is 0 Å². The van der Waals surface area contributed by atoms with Crippen LogP contribution in [0.25, 0.3) is 65.6 Å². The molecule has 37 heavy (non-hydrogen) atoms. The fourth-order valence-electron chi connectivity index (χ4n) is 4.93. The highest BCUT2D eigenvalue weighted by molar-refractivity contribution is 7.20. The van der Waals surface area contributed by atoms with Crippen LogP contribution < -0.4 is 0 Å². The second-order valence-electron chi connectivity index (χ2n) is 8.82. The number of aromatic nitrogens is 7. The second kappa shape index (κ2) is 7.49. The van der Waals surface area contributed by atoms with Crippen molar-refractivity contribution in [2.75, 3.05) is 0 Å². The van der Waals surface area contributed by atoms with Gasteiger partial charge in [0.15, 0.2) is 10.7 Å². The smallest absolute Gasteiger partial charge is 0.227 e. The van der Waals surface area contributed by atoms with Crippen LogP contribution in [0.5, 0.6) is 5.88 Å². The van der Waals surface area contributed by atoms with Crippen LogP contribution in [0.15, 0.2) is 91.4 Å². The molecule has 8 aromatic rings. The van der Waals surface area contributed by atoms with Crippen molar-refractivity contribution in [3.8, 4) is 39.2 Å². The lowest BCUT2D eigenvalue weighted by molar-refractivity contribution is 0.451. The van der Waals surface area contributed by atoms with Crippen LogP contribution in [0.1, 0.15) is 0 Å². The van der Waals surface area contributed by atoms with E-state index in [0.29, 0.717) is 16.3 Å². The number of para-hydroxylation sites is 1. The first kappa shape index (κ1) is 20.2. The highest BCUT2D eigenvalue weighted by Gasteiger charge is 2.27. The number of hydrogen-bond donors (Lipinski definition) is 2. The first-order valence-electron chi connectivity index (χ1n) is 11.7. The second-order valence-corrected chi connectivity index (χ2v) is 9.80. The normalized spacial score (nSPS) is 11.9. The van der Waals surface area contributed by atoms with Crippen molar-refractivity contribution >= 4 is 43.6 Å². The molecule has 0 saturated heterocycles. The predicted octanol–water partition coefficient (Wildman–Crippen LogP) is 6.17. The zero-order valence-electron chi connectivity index (χ0n) is 19.2. The Morgan fingerprint density at radius 3 is 2.59 bits per heavy atom. The highest BCUT2D eigenvalue weighted by Crippen LogP contribution is 2.44. The molecule has 176 valence electrons. The number of benzene rings is 2. The first-order chi connectivity index (χ1) is 18.2. The van der Waals surface area contributed by atoms with Gasteiger partial charge in [0, 0.05) is 34.1 Å². The van der Waals surface area contributed by atoms with E-state index in [2.05, 4.69) is 27.3 Å². The fraction of sp³-hybridized carbons (Fsp3) is 0. The minimum atomic E-state index is 0.0144. The van der Waals surface area contributed by atoms with Gasteiger partial charge in [-0.15, -0.1) is 5.10 Å². The van der Waals surface area contributed by atoms with E-state index < -0.39 is 0 Å². The molecular formula is C28H17N7OS. The summed E-state index contributed by atoms with van der Waals surface area (Å²) in [5.41, 5.74) is 5.27. The highest BCUT2D eigenvalue weighted by atomic mass is 32.1. The summed E-state index contributed by atoms with van der Waals surface area (Å²) in [5.74, 6) is 0.0144. The number of aromatic amines is 1. The number of pyridine rings is 1. The number of aromatic hydroxyl groups is 1. The van der Waals surface area contributed by atoms with Crippen LogP contribution in [-0.4, -0.2) is 39.1 Å². The molecule has 0 aliphatic rings. The van der Waals surface area contributed by atoms with Crippen molar-refractivity contribution < 1.29 is 5.11 Å². The summed E-state index contributed by atoms with van der Waals surface area (Å²) >= 11 is 1.48. The number of hydrogen-bond acceptors (Lipinski definition) is 6. The fourth-order valence-corrected chi connectivity index (χ4v) is 6.02. The Morgan fingerprint density at radius 1 is 0.865 bits per heavy atom. The minimum absolute atomic E-state index is 0.0144. The van der Waals surface area contributed by atoms with Crippen molar-refractivity contribution in [2.24, 2.45) is 0 Å². The summed E-state index contributed by atoms with van der Waals surface area (Å²) in [6.45, 7) is 0. The standard InChI is InChI=1S/C28H17N7OS/c36-27-24(23-18-9-3-1-8-17(18)14-29-33-23)32-28-35(27)25(20-13-16-7-2-4-10-19(16)30-20)26(37-28)21-15-34-12-6-5-11-22(34)31-21/h1-15,30,36H. The maximum absolute atomic E-state index is 11.6. The average Bonchev–Trinajstić information content (AvgIpc) is 3.69. The van der Waals surface area contributed by atoms with Crippen molar-refractivity contribution in [3.63, 3.8) is 0 Å². The summed E-state index contributed by atoms with van der Waals surface area (Å²) in [5, 5.41) is 23.0. The zero-order valence-corrected chi connectivity index (χ0v) is 20.0. The largest absolute Gasteiger partial charge is 0.493 e. The Morgan fingerprint density at radius 2 is 1.70 bits per heavy atom. The Bertz CT molecular complexity index is 2060. The van der Waals surface area contributed by atoms with Gasteiger partial charge in [0.1, 0.15) is 17.0 Å². The van der Waals surface area contributed by atoms with Crippen molar-refractivity contribution in [2.45, 2.75) is 0 Å². The Kier molecular flexibility index (Phi) is 4.09. The third kappa shape index (κ3) is 2.95. The molecule has 6 heterocycles. The molecule has 0 amide bonds. The number of thiazole rings is 1. The van der Waals surface area contributed by atoms with Crippen molar-refractivity contribution in [1.29, 1.82) is 0 Å². The van der Waals surface area contributed by atoms with Crippen LogP contribution in [-0.2, 0) is 0 Å². The Balaban J connectivity index is 1.44. The molecule has 0 saturated carbocycles. The van der Waals surface area contributed by atoms with Gasteiger partial charge in [-0.25, -0.2) is 9.97 Å². The lowest BCUT2D eigenvalue weighted by Crippen LogP contribution is -1.92. The third-order valence-corrected chi connectivity index (χ3v) is 7.69. The summed E-state index contributed by atoms with van der Waals surface area (Å²) in [7, 11) is 0. The monoisotopic (exact) mass is 499 g/mol. The van der Waals surface area contributed by atoms with E-state index in [-0.39, 0.29) is 5.88 Å². The number of fused-ring (bicyclic) bond motifs is 4. The molecule has 9 heteroatoms. The molecule has 2 aromatic carbocycles. The SMILES string of the molecule is Oc1c(-c2nncc3ccccc23)nc2sc(-c3cn4ccccc4n3)c(-c3cc4ccccc4[nH]3)n12. The van der Waals surface area contributed by atoms with E-state index in [1.807, 2.05) is 77.5 Å². The molecule has 8 nitrogen and oxygen atoms in total. The molecule has 0 radical (unpaired) electrons. The summed E-state index contributed by atoms with van der Waals surface area (Å²) in [6.07, 6.45) is 5.69. The summed E-state index contributed by atoms with van der Waals surface area (Å²) < 4.78 is 3.78. The van der Waals surface area contributed by atoms with Crippen LogP contribution >= 0.6 is 11.3 Å². The molecule has 0 fully saturated rings. The Hall–Kier alpha value is -5.02. The molecule has 0 unspecified atom stereocenters. The molecule has 2 N–H and O–H groups in total. The number of nitrogens with one attached hydrogen (secondary N) is 1. The molecule has 0 spiro atoms. The average molecular weight is 500 g/mol. The first-order valence-corrected chi connectivity index (χ1v) is 12.5. The summed E-state index contributed by atoms with van der Waals surface area (Å²) in [4.78, 5) is 14.8. The minimum Gasteiger partial charge on any atom is -0.493 e. The topological polar surface area (TPSA) is 96.4 Å². The third-order valence-electron chi connectivity index (χ3n) is 6.63. The molecule has 0 atom stereocenters. The lowest BCUT2D eigenvalue weighted by atomic mass is 10.1. The van der Waals surface area contributed by atoms with Gasteiger partial charge in [0.05, 0.1) is 22.5 Å². The van der Waals surface area contributed by atoms with Gasteiger partial charge in [-0.1, -0.05) is 59.9 Å². The number of nitrogens with zero attached hydrogens (tertiary/aromatic N) is 6. The van der Waals surface area contributed by atoms with Crippen LogP contribution in [0.4, 0.5) is 0 Å². The van der Waals surface area contributed by atoms with Gasteiger partial charge in [-0.05, 0) is 24.3 Å². The van der Waals surface area contributed by atoms with Crippen molar-refractivity contribution in [3.05, 3.63) is 91.4 Å². The quantitative estimate of drug-likeness (QED) is 0.303. The zero-order chi connectivity index (χ0) is 24.5. The molecular weight excluding hydrogens is 482 g/mol. The molecule has 0 aliphatic carbocycles. The molecule has 8 rings (SSSR count). The van der Waals surface area contributed by atoms with Crippen molar-refractivity contribution in [1.82, 2.24) is 34.0 Å². The molecule has 0 aliphatic heterocycles. The van der Waals surface area contributed by atoms with Gasteiger partial charge >= 0.3 is 0 Å². The van der Waals surface area contributed by atoms with Crippen LogP contribution in [0, 0.1) is 0 Å². The van der Waals surface area contributed by atoms with Crippen LogP contribution in [0.3, 0.4) is 0 Å². The molecule has 0 bridgehead atoms. The van der Waals surface area contributed by atoms with E-state index in [4.69, 9.17) is 9.97 Å². The number of imidazole rings is 2. The van der Waals surface area contributed by atoms with Gasteiger partial charge in [-0.2, -0.15) is 5.10 Å². The number of H-pyrrole nitrogens is 1. The number of rotatable bonds is 3. The van der Waals surface area contributed by atoms with Crippen LogP contribution in [0.2, 0.25) is 0 Å². The van der Waals surface area contributed by atoms with E-state index in [1.165, 1.54) is 11.3 Å². The van der Waals surface area contributed by atoms with Gasteiger partial charge in [0.2, 0.25) is 5.88 Å². The van der Waals surface area contributed by atoms with E-state index in [1.54, 1.807) is 10.6 Å². The van der Waals surface area contributed by atoms with Gasteiger partial charge < -0.3 is 14.5 Å². The maximum Gasteiger partial charge on any atom is 0.227 e. The van der Waals surface area contributed by atoms with Gasteiger partial charge in [-0.3, -0.25) is 4.40 Å². The van der Waals surface area contributed by atoms with E-state index in [9.17, 15) is 5.11 Å². The van der Waals surface area contributed by atoms with E-state index in [0.717, 1.165) is 49.3 Å². The lowest BCUT2D eigenvalue weighted by Gasteiger charge is -2.04.